The molecule has 4 nitrogen and oxygen atoms in total. The van der Waals surface area contributed by atoms with Crippen molar-refractivity contribution in [1.82, 2.24) is 20.1 Å². The van der Waals surface area contributed by atoms with E-state index in [1.165, 1.54) is 0 Å². The molecule has 4 heteroatoms. The molecule has 0 aliphatic carbocycles. The molecule has 1 aromatic heterocycles. The van der Waals surface area contributed by atoms with Gasteiger partial charge in [-0.15, -0.1) is 0 Å². The molecule has 0 fully saturated rings. The van der Waals surface area contributed by atoms with Crippen LogP contribution in [-0.2, 0) is 13.0 Å². The van der Waals surface area contributed by atoms with E-state index in [1.54, 1.807) is 6.33 Å². The Morgan fingerprint density at radius 2 is 2.18 bits per heavy atom. The van der Waals surface area contributed by atoms with Crippen LogP contribution in [0.15, 0.2) is 6.33 Å². The Hall–Kier alpha value is -0.900. The second-order valence-electron chi connectivity index (χ2n) is 5.62. The fraction of sp³-hybridized carbons (Fsp3) is 0.846. The molecule has 17 heavy (non-hydrogen) atoms. The Morgan fingerprint density at radius 3 is 2.71 bits per heavy atom. The molecule has 1 N–H and O–H groups in total. The summed E-state index contributed by atoms with van der Waals surface area (Å²) in [5, 5.41) is 7.59. The maximum atomic E-state index is 4.41. The van der Waals surface area contributed by atoms with E-state index in [0.717, 1.165) is 31.8 Å². The van der Waals surface area contributed by atoms with Gasteiger partial charge in [0, 0.05) is 19.5 Å². The zero-order chi connectivity index (χ0) is 12.9. The largest absolute Gasteiger partial charge is 0.319 e. The standard InChI is InChI=1S/C13H26N4/c1-6-13(4,9-14-5)7-12-15-10-16-17(12)8-11(2)3/h10-11,14H,6-9H2,1-5H3. The first-order valence-electron chi connectivity index (χ1n) is 6.52. The summed E-state index contributed by atoms with van der Waals surface area (Å²) in [5.41, 5.74) is 0.260. The molecular weight excluding hydrogens is 212 g/mol. The molecule has 0 bridgehead atoms. The number of hydrogen-bond donors (Lipinski definition) is 1. The molecule has 0 radical (unpaired) electrons. The Balaban J connectivity index is 2.76. The van der Waals surface area contributed by atoms with E-state index >= 15 is 0 Å². The Morgan fingerprint density at radius 1 is 1.47 bits per heavy atom. The van der Waals surface area contributed by atoms with E-state index < -0.39 is 0 Å². The quantitative estimate of drug-likeness (QED) is 0.791. The Bertz CT molecular complexity index is 332. The normalized spacial score (nSPS) is 15.2. The fourth-order valence-corrected chi connectivity index (χ4v) is 2.04. The van der Waals surface area contributed by atoms with E-state index in [9.17, 15) is 0 Å². The maximum absolute atomic E-state index is 4.41. The van der Waals surface area contributed by atoms with Crippen LogP contribution in [0.3, 0.4) is 0 Å². The zero-order valence-electron chi connectivity index (χ0n) is 11.8. The zero-order valence-corrected chi connectivity index (χ0v) is 11.8. The van der Waals surface area contributed by atoms with Crippen LogP contribution < -0.4 is 5.32 Å². The molecule has 0 saturated heterocycles. The first kappa shape index (κ1) is 14.2. The van der Waals surface area contributed by atoms with E-state index in [-0.39, 0.29) is 5.41 Å². The first-order valence-corrected chi connectivity index (χ1v) is 6.52. The lowest BCUT2D eigenvalue weighted by Crippen LogP contribution is -2.32. The van der Waals surface area contributed by atoms with Crippen molar-refractivity contribution in [3.63, 3.8) is 0 Å². The molecule has 0 amide bonds. The van der Waals surface area contributed by atoms with E-state index in [4.69, 9.17) is 0 Å². The summed E-state index contributed by atoms with van der Waals surface area (Å²) in [6.45, 7) is 10.9. The van der Waals surface area contributed by atoms with Gasteiger partial charge in [-0.05, 0) is 24.8 Å². The lowest BCUT2D eigenvalue weighted by Gasteiger charge is -2.27. The predicted molar refractivity (Wildman–Crippen MR) is 70.9 cm³/mol. The predicted octanol–water partition coefficient (Wildman–Crippen LogP) is 2.11. The van der Waals surface area contributed by atoms with Crippen LogP contribution in [-0.4, -0.2) is 28.4 Å². The highest BCUT2D eigenvalue weighted by Crippen LogP contribution is 2.24. The van der Waals surface area contributed by atoms with Gasteiger partial charge in [0.25, 0.3) is 0 Å². The highest BCUT2D eigenvalue weighted by atomic mass is 15.3. The van der Waals surface area contributed by atoms with E-state index in [2.05, 4.69) is 43.1 Å². The summed E-state index contributed by atoms with van der Waals surface area (Å²) in [6.07, 6.45) is 3.80. The molecule has 0 aliphatic heterocycles. The molecule has 1 heterocycles. The average Bonchev–Trinajstić information content (AvgIpc) is 2.65. The van der Waals surface area contributed by atoms with Gasteiger partial charge in [0.05, 0.1) is 0 Å². The molecule has 1 aromatic rings. The maximum Gasteiger partial charge on any atom is 0.138 e. The molecule has 0 aliphatic rings. The second-order valence-corrected chi connectivity index (χ2v) is 5.62. The summed E-state index contributed by atoms with van der Waals surface area (Å²) < 4.78 is 2.05. The van der Waals surface area contributed by atoms with Crippen LogP contribution in [0.4, 0.5) is 0 Å². The van der Waals surface area contributed by atoms with Crippen molar-refractivity contribution in [2.24, 2.45) is 11.3 Å². The number of aromatic nitrogens is 3. The van der Waals surface area contributed by atoms with E-state index in [1.807, 2.05) is 11.7 Å². The number of hydrogen-bond acceptors (Lipinski definition) is 3. The van der Waals surface area contributed by atoms with Crippen LogP contribution in [0.1, 0.15) is 39.9 Å². The lowest BCUT2D eigenvalue weighted by atomic mass is 9.83. The van der Waals surface area contributed by atoms with Crippen molar-refractivity contribution < 1.29 is 0 Å². The van der Waals surface area contributed by atoms with Gasteiger partial charge >= 0.3 is 0 Å². The summed E-state index contributed by atoms with van der Waals surface area (Å²) in [6, 6.07) is 0. The van der Waals surface area contributed by atoms with Gasteiger partial charge in [-0.1, -0.05) is 27.7 Å². The second kappa shape index (κ2) is 6.15. The van der Waals surface area contributed by atoms with Gasteiger partial charge in [0.2, 0.25) is 0 Å². The van der Waals surface area contributed by atoms with Gasteiger partial charge in [-0.2, -0.15) is 5.10 Å². The van der Waals surface area contributed by atoms with Crippen LogP contribution in [0.2, 0.25) is 0 Å². The smallest absolute Gasteiger partial charge is 0.138 e. The third kappa shape index (κ3) is 4.11. The molecule has 0 aromatic carbocycles. The third-order valence-electron chi connectivity index (χ3n) is 3.28. The van der Waals surface area contributed by atoms with E-state index in [0.29, 0.717) is 5.92 Å². The minimum atomic E-state index is 0.260. The number of nitrogens with zero attached hydrogens (tertiary/aromatic N) is 3. The van der Waals surface area contributed by atoms with Crippen LogP contribution >= 0.6 is 0 Å². The Labute approximate surface area is 105 Å². The van der Waals surface area contributed by atoms with Crippen molar-refractivity contribution in [3.05, 3.63) is 12.2 Å². The molecule has 0 saturated carbocycles. The number of rotatable bonds is 7. The van der Waals surface area contributed by atoms with Gasteiger partial charge in [-0.25, -0.2) is 9.67 Å². The monoisotopic (exact) mass is 238 g/mol. The third-order valence-corrected chi connectivity index (χ3v) is 3.28. The minimum Gasteiger partial charge on any atom is -0.319 e. The highest BCUT2D eigenvalue weighted by Gasteiger charge is 2.24. The summed E-state index contributed by atoms with van der Waals surface area (Å²) in [4.78, 5) is 4.41. The average molecular weight is 238 g/mol. The fourth-order valence-electron chi connectivity index (χ4n) is 2.04. The minimum absolute atomic E-state index is 0.260. The molecule has 98 valence electrons. The van der Waals surface area contributed by atoms with Gasteiger partial charge < -0.3 is 5.32 Å². The first-order chi connectivity index (χ1) is 8.00. The van der Waals surface area contributed by atoms with Crippen molar-refractivity contribution in [2.75, 3.05) is 13.6 Å². The van der Waals surface area contributed by atoms with Crippen molar-refractivity contribution >= 4 is 0 Å². The SMILES string of the molecule is CCC(C)(CNC)Cc1ncnn1CC(C)C. The summed E-state index contributed by atoms with van der Waals surface area (Å²) >= 11 is 0. The Kier molecular flexibility index (Phi) is 5.12. The summed E-state index contributed by atoms with van der Waals surface area (Å²) in [7, 11) is 2.01. The lowest BCUT2D eigenvalue weighted by molar-refractivity contribution is 0.284. The summed E-state index contributed by atoms with van der Waals surface area (Å²) in [5.74, 6) is 1.71. The van der Waals surface area contributed by atoms with Crippen molar-refractivity contribution in [2.45, 2.75) is 47.1 Å². The topological polar surface area (TPSA) is 42.7 Å². The van der Waals surface area contributed by atoms with Crippen molar-refractivity contribution in [1.29, 1.82) is 0 Å². The molecule has 1 atom stereocenters. The molecule has 1 unspecified atom stereocenters. The molecular formula is C13H26N4. The molecule has 0 spiro atoms. The van der Waals surface area contributed by atoms with Gasteiger partial charge in [0.1, 0.15) is 12.2 Å². The van der Waals surface area contributed by atoms with Crippen LogP contribution in [0.5, 0.6) is 0 Å². The van der Waals surface area contributed by atoms with Crippen molar-refractivity contribution in [3.8, 4) is 0 Å². The highest BCUT2D eigenvalue weighted by molar-refractivity contribution is 4.93. The van der Waals surface area contributed by atoms with Crippen LogP contribution in [0.25, 0.3) is 0 Å². The molecule has 1 rings (SSSR count). The number of nitrogens with one attached hydrogen (secondary N) is 1. The van der Waals surface area contributed by atoms with Gasteiger partial charge in [-0.3, -0.25) is 0 Å². The van der Waals surface area contributed by atoms with Crippen LogP contribution in [0, 0.1) is 11.3 Å². The van der Waals surface area contributed by atoms with Gasteiger partial charge in [0.15, 0.2) is 0 Å².